The van der Waals surface area contributed by atoms with Crippen molar-refractivity contribution >= 4 is 5.69 Å². The second-order valence-corrected chi connectivity index (χ2v) is 4.68. The third-order valence-corrected chi connectivity index (χ3v) is 3.57. The van der Waals surface area contributed by atoms with Crippen molar-refractivity contribution in [3.05, 3.63) is 54.6 Å². The molecule has 87 valence electrons. The Morgan fingerprint density at radius 3 is 2.88 bits per heavy atom. The van der Waals surface area contributed by atoms with Gasteiger partial charge in [-0.05, 0) is 6.07 Å². The first kappa shape index (κ1) is 10.6. The predicted octanol–water partition coefficient (Wildman–Crippen LogP) is 3.00. The van der Waals surface area contributed by atoms with Crippen LogP contribution in [0.2, 0.25) is 0 Å². The van der Waals surface area contributed by atoms with E-state index in [1.165, 1.54) is 0 Å². The van der Waals surface area contributed by atoms with Gasteiger partial charge in [0.2, 0.25) is 0 Å². The Hall–Kier alpha value is -1.57. The zero-order valence-electron chi connectivity index (χ0n) is 9.59. The lowest BCUT2D eigenvalue weighted by atomic mass is 9.81. The zero-order valence-corrected chi connectivity index (χ0v) is 9.59. The molecule has 1 fully saturated rings. The fraction of sp³-hybridized carbons (Fsp3) is 0.333. The number of hydrogen-bond acceptors (Lipinski definition) is 1. The maximum Gasteiger partial charge on any atom is 0.124 e. The monoisotopic (exact) mass is 228 g/mol. The highest BCUT2D eigenvalue weighted by Gasteiger charge is 2.35. The van der Waals surface area contributed by atoms with Gasteiger partial charge in [-0.2, -0.15) is 0 Å². The number of para-hydroxylation sites is 1. The van der Waals surface area contributed by atoms with Crippen molar-refractivity contribution in [3.63, 3.8) is 0 Å². The summed E-state index contributed by atoms with van der Waals surface area (Å²) in [4.78, 5) is 2.09. The van der Waals surface area contributed by atoms with Crippen molar-refractivity contribution in [1.29, 1.82) is 0 Å². The summed E-state index contributed by atoms with van der Waals surface area (Å²) >= 11 is 0. The van der Waals surface area contributed by atoms with Gasteiger partial charge in [-0.1, -0.05) is 42.5 Å². The third-order valence-electron chi connectivity index (χ3n) is 3.57. The number of nitrogens with zero attached hydrogens (tertiary/aromatic N) is 1. The first-order valence-corrected chi connectivity index (χ1v) is 6.05. The van der Waals surface area contributed by atoms with Crippen LogP contribution >= 0.6 is 0 Å². The molecule has 2 heteroatoms. The number of benzene rings is 1. The van der Waals surface area contributed by atoms with E-state index in [-0.39, 0.29) is 11.8 Å². The van der Waals surface area contributed by atoms with Crippen LogP contribution in [-0.2, 0) is 0 Å². The molecular formula is C15H15FN. The molecule has 1 aliphatic carbocycles. The van der Waals surface area contributed by atoms with Crippen molar-refractivity contribution < 1.29 is 4.39 Å². The van der Waals surface area contributed by atoms with E-state index in [1.54, 1.807) is 0 Å². The Labute approximate surface area is 101 Å². The van der Waals surface area contributed by atoms with Gasteiger partial charge in [-0.3, -0.25) is 0 Å². The van der Waals surface area contributed by atoms with Crippen molar-refractivity contribution in [3.8, 4) is 0 Å². The molecule has 3 unspecified atom stereocenters. The second-order valence-electron chi connectivity index (χ2n) is 4.68. The van der Waals surface area contributed by atoms with Gasteiger partial charge in [0, 0.05) is 36.7 Å². The Morgan fingerprint density at radius 1 is 1.18 bits per heavy atom. The first-order chi connectivity index (χ1) is 8.34. The van der Waals surface area contributed by atoms with Crippen molar-refractivity contribution in [2.75, 3.05) is 18.0 Å². The lowest BCUT2D eigenvalue weighted by Crippen LogP contribution is -2.47. The lowest BCUT2D eigenvalue weighted by molar-refractivity contribution is 0.197. The Kier molecular flexibility index (Phi) is 2.71. The largest absolute Gasteiger partial charge is 0.367 e. The summed E-state index contributed by atoms with van der Waals surface area (Å²) < 4.78 is 14.1. The van der Waals surface area contributed by atoms with Crippen LogP contribution in [-0.4, -0.2) is 19.3 Å². The second kappa shape index (κ2) is 4.36. The van der Waals surface area contributed by atoms with Crippen molar-refractivity contribution in [1.82, 2.24) is 0 Å². The molecule has 0 bridgehead atoms. The molecule has 0 amide bonds. The smallest absolute Gasteiger partial charge is 0.124 e. The molecule has 1 saturated heterocycles. The Morgan fingerprint density at radius 2 is 2.06 bits per heavy atom. The molecule has 1 radical (unpaired) electrons. The third kappa shape index (κ3) is 1.99. The van der Waals surface area contributed by atoms with E-state index >= 15 is 0 Å². The number of hydrogen-bond donors (Lipinski definition) is 0. The van der Waals surface area contributed by atoms with E-state index in [2.05, 4.69) is 17.0 Å². The van der Waals surface area contributed by atoms with Crippen LogP contribution in [0.15, 0.2) is 48.6 Å². The molecule has 1 aromatic carbocycles. The SMILES string of the molecule is FC1CN(c2[c]cccc2)CC2C=CC=CC12. The topological polar surface area (TPSA) is 3.24 Å². The fourth-order valence-corrected chi connectivity index (χ4v) is 2.68. The van der Waals surface area contributed by atoms with Gasteiger partial charge in [0.05, 0.1) is 0 Å². The summed E-state index contributed by atoms with van der Waals surface area (Å²) in [5.41, 5.74) is 0.997. The molecular weight excluding hydrogens is 213 g/mol. The van der Waals surface area contributed by atoms with Crippen LogP contribution < -0.4 is 4.90 Å². The van der Waals surface area contributed by atoms with Crippen LogP contribution in [0.4, 0.5) is 10.1 Å². The Balaban J connectivity index is 1.82. The van der Waals surface area contributed by atoms with E-state index in [0.29, 0.717) is 6.54 Å². The minimum Gasteiger partial charge on any atom is -0.367 e. The molecule has 17 heavy (non-hydrogen) atoms. The first-order valence-electron chi connectivity index (χ1n) is 6.05. The number of piperidine rings is 1. The number of halogens is 1. The van der Waals surface area contributed by atoms with Gasteiger partial charge in [0.1, 0.15) is 6.17 Å². The summed E-state index contributed by atoms with van der Waals surface area (Å²) in [7, 11) is 0. The highest BCUT2D eigenvalue weighted by atomic mass is 19.1. The summed E-state index contributed by atoms with van der Waals surface area (Å²) in [5, 5.41) is 0. The molecule has 1 aromatic rings. The Bertz CT molecular complexity index is 437. The summed E-state index contributed by atoms with van der Waals surface area (Å²) in [6, 6.07) is 11.0. The van der Waals surface area contributed by atoms with Crippen LogP contribution in [0.5, 0.6) is 0 Å². The van der Waals surface area contributed by atoms with Gasteiger partial charge in [-0.15, -0.1) is 0 Å². The van der Waals surface area contributed by atoms with E-state index < -0.39 is 6.17 Å². The van der Waals surface area contributed by atoms with Crippen LogP contribution in [0.25, 0.3) is 0 Å². The van der Waals surface area contributed by atoms with E-state index in [9.17, 15) is 4.39 Å². The molecule has 1 heterocycles. The minimum atomic E-state index is -0.788. The molecule has 1 nitrogen and oxygen atoms in total. The van der Waals surface area contributed by atoms with E-state index in [4.69, 9.17) is 0 Å². The van der Waals surface area contributed by atoms with Gasteiger partial charge >= 0.3 is 0 Å². The van der Waals surface area contributed by atoms with Crippen LogP contribution in [0, 0.1) is 17.9 Å². The van der Waals surface area contributed by atoms with E-state index in [1.807, 2.05) is 42.5 Å². The highest BCUT2D eigenvalue weighted by Crippen LogP contribution is 2.32. The average molecular weight is 228 g/mol. The fourth-order valence-electron chi connectivity index (χ4n) is 2.68. The highest BCUT2D eigenvalue weighted by molar-refractivity contribution is 5.46. The molecule has 1 aliphatic heterocycles. The van der Waals surface area contributed by atoms with Gasteiger partial charge in [0.15, 0.2) is 0 Å². The van der Waals surface area contributed by atoms with E-state index in [0.717, 1.165) is 12.2 Å². The number of allylic oxidation sites excluding steroid dienone is 3. The number of anilines is 1. The number of fused-ring (bicyclic) bond motifs is 1. The van der Waals surface area contributed by atoms with Gasteiger partial charge < -0.3 is 4.90 Å². The summed E-state index contributed by atoms with van der Waals surface area (Å²) in [6.07, 6.45) is 7.31. The number of rotatable bonds is 1. The number of alkyl halides is 1. The molecule has 0 spiro atoms. The molecule has 3 rings (SSSR count). The average Bonchev–Trinajstić information content (AvgIpc) is 2.40. The lowest BCUT2D eigenvalue weighted by Gasteiger charge is -2.40. The van der Waals surface area contributed by atoms with Crippen LogP contribution in [0.1, 0.15) is 0 Å². The molecule has 0 saturated carbocycles. The molecule has 0 N–H and O–H groups in total. The van der Waals surface area contributed by atoms with Crippen molar-refractivity contribution in [2.24, 2.45) is 11.8 Å². The molecule has 2 aliphatic rings. The maximum atomic E-state index is 14.1. The van der Waals surface area contributed by atoms with Gasteiger partial charge in [-0.25, -0.2) is 4.39 Å². The normalized spacial score (nSPS) is 31.4. The maximum absolute atomic E-state index is 14.1. The minimum absolute atomic E-state index is 0.0555. The van der Waals surface area contributed by atoms with Crippen LogP contribution in [0.3, 0.4) is 0 Å². The van der Waals surface area contributed by atoms with Gasteiger partial charge in [0.25, 0.3) is 0 Å². The summed E-state index contributed by atoms with van der Waals surface area (Å²) in [5.74, 6) is 0.345. The quantitative estimate of drug-likeness (QED) is 0.714. The predicted molar refractivity (Wildman–Crippen MR) is 67.6 cm³/mol. The zero-order chi connectivity index (χ0) is 11.7. The molecule has 3 atom stereocenters. The van der Waals surface area contributed by atoms with Crippen molar-refractivity contribution in [2.45, 2.75) is 6.17 Å². The molecule has 0 aromatic heterocycles. The summed E-state index contributed by atoms with van der Waals surface area (Å²) in [6.45, 7) is 1.35. The standard InChI is InChI=1S/C15H15FN/c16-15-11-17(13-7-2-1-3-8-13)10-12-6-4-5-9-14(12)15/h1-7,9,12,14-15H,10-11H2.